The Labute approximate surface area is 115 Å². The first-order valence-corrected chi connectivity index (χ1v) is 6.87. The number of thioether (sulfide) groups is 1. The zero-order chi connectivity index (χ0) is 13.5. The number of rotatable bonds is 5. The molecule has 18 heavy (non-hydrogen) atoms. The average Bonchev–Trinajstić information content (AvgIpc) is 2.36. The Balaban J connectivity index is 2.44. The second kappa shape index (κ2) is 7.41. The number of hydrogen-bond acceptors (Lipinski definition) is 4. The topological polar surface area (TPSA) is 72.2 Å². The first-order chi connectivity index (χ1) is 8.52. The van der Waals surface area contributed by atoms with E-state index in [1.54, 1.807) is 24.3 Å². The van der Waals surface area contributed by atoms with Crippen molar-refractivity contribution < 1.29 is 9.59 Å². The Bertz CT molecular complexity index is 423. The van der Waals surface area contributed by atoms with Crippen LogP contribution < -0.4 is 11.1 Å². The highest BCUT2D eigenvalue weighted by molar-refractivity contribution is 8.00. The number of carbonyl (C=O) groups is 2. The fourth-order valence-electron chi connectivity index (χ4n) is 1.12. The second-order valence-electron chi connectivity index (χ2n) is 3.74. The van der Waals surface area contributed by atoms with Crippen molar-refractivity contribution in [1.82, 2.24) is 5.32 Å². The van der Waals surface area contributed by atoms with Crippen molar-refractivity contribution in [2.45, 2.75) is 12.2 Å². The van der Waals surface area contributed by atoms with Gasteiger partial charge in [0.25, 0.3) is 5.91 Å². The number of imide groups is 1. The van der Waals surface area contributed by atoms with Gasteiger partial charge in [-0.2, -0.15) is 0 Å². The van der Waals surface area contributed by atoms with Gasteiger partial charge in [-0.05, 0) is 24.3 Å². The fourth-order valence-corrected chi connectivity index (χ4v) is 1.89. The summed E-state index contributed by atoms with van der Waals surface area (Å²) in [5, 5.41) is 3.05. The zero-order valence-electron chi connectivity index (χ0n) is 9.98. The van der Waals surface area contributed by atoms with Crippen LogP contribution in [0.2, 0.25) is 5.02 Å². The number of nitrogens with two attached hydrogens (primary N) is 1. The van der Waals surface area contributed by atoms with E-state index in [0.717, 1.165) is 0 Å². The second-order valence-corrected chi connectivity index (χ2v) is 5.60. The van der Waals surface area contributed by atoms with Crippen molar-refractivity contribution in [2.24, 2.45) is 5.73 Å². The average molecular weight is 287 g/mol. The van der Waals surface area contributed by atoms with Crippen molar-refractivity contribution in [2.75, 3.05) is 12.3 Å². The van der Waals surface area contributed by atoms with E-state index in [2.05, 4.69) is 5.32 Å². The van der Waals surface area contributed by atoms with E-state index in [-0.39, 0.29) is 16.9 Å². The smallest absolute Gasteiger partial charge is 0.257 e. The molecule has 3 N–H and O–H groups in total. The summed E-state index contributed by atoms with van der Waals surface area (Å²) in [6.07, 6.45) is 0. The molecule has 0 saturated heterocycles. The molecule has 0 spiro atoms. The summed E-state index contributed by atoms with van der Waals surface area (Å²) in [5.41, 5.74) is 5.84. The van der Waals surface area contributed by atoms with Gasteiger partial charge in [0.05, 0.1) is 5.75 Å². The number of hydrogen-bond donors (Lipinski definition) is 2. The van der Waals surface area contributed by atoms with Gasteiger partial charge >= 0.3 is 0 Å². The Kier molecular flexibility index (Phi) is 6.18. The molecule has 0 fully saturated rings. The molecule has 2 amide bonds. The van der Waals surface area contributed by atoms with Gasteiger partial charge < -0.3 is 5.73 Å². The van der Waals surface area contributed by atoms with Crippen LogP contribution in [0.5, 0.6) is 0 Å². The molecule has 0 heterocycles. The first kappa shape index (κ1) is 15.0. The normalized spacial score (nSPS) is 11.9. The van der Waals surface area contributed by atoms with E-state index in [1.807, 2.05) is 6.92 Å². The molecule has 1 aromatic carbocycles. The van der Waals surface area contributed by atoms with E-state index < -0.39 is 5.91 Å². The lowest BCUT2D eigenvalue weighted by Crippen LogP contribution is -2.32. The molecule has 1 rings (SSSR count). The quantitative estimate of drug-likeness (QED) is 0.864. The summed E-state index contributed by atoms with van der Waals surface area (Å²) in [7, 11) is 0. The summed E-state index contributed by atoms with van der Waals surface area (Å²) in [4.78, 5) is 23.2. The van der Waals surface area contributed by atoms with Crippen LogP contribution in [0.15, 0.2) is 24.3 Å². The van der Waals surface area contributed by atoms with Crippen molar-refractivity contribution in [3.05, 3.63) is 34.9 Å². The minimum absolute atomic E-state index is 0.196. The third kappa shape index (κ3) is 5.08. The Hall–Kier alpha value is -1.04. The molecule has 0 aromatic heterocycles. The monoisotopic (exact) mass is 286 g/mol. The maximum absolute atomic E-state index is 11.7. The third-order valence-corrected chi connectivity index (χ3v) is 3.63. The lowest BCUT2D eigenvalue weighted by atomic mass is 10.2. The fraction of sp³-hybridized carbons (Fsp3) is 0.333. The van der Waals surface area contributed by atoms with Gasteiger partial charge in [0, 0.05) is 22.4 Å². The van der Waals surface area contributed by atoms with Crippen LogP contribution in [0.4, 0.5) is 0 Å². The summed E-state index contributed by atoms with van der Waals surface area (Å²) in [5.74, 6) is -0.518. The van der Waals surface area contributed by atoms with Crippen LogP contribution in [0, 0.1) is 0 Å². The van der Waals surface area contributed by atoms with Crippen molar-refractivity contribution in [1.29, 1.82) is 0 Å². The highest BCUT2D eigenvalue weighted by Gasteiger charge is 2.11. The molecule has 1 aromatic rings. The highest BCUT2D eigenvalue weighted by Crippen LogP contribution is 2.10. The molecule has 0 aliphatic heterocycles. The van der Waals surface area contributed by atoms with E-state index in [1.165, 1.54) is 11.8 Å². The summed E-state index contributed by atoms with van der Waals surface area (Å²) in [6.45, 7) is 2.43. The number of amides is 2. The van der Waals surface area contributed by atoms with Crippen LogP contribution in [0.3, 0.4) is 0 Å². The predicted octanol–water partition coefficient (Wildman–Crippen LogP) is 1.68. The van der Waals surface area contributed by atoms with Gasteiger partial charge in [-0.3, -0.25) is 14.9 Å². The van der Waals surface area contributed by atoms with Crippen molar-refractivity contribution >= 4 is 35.2 Å². The predicted molar refractivity (Wildman–Crippen MR) is 74.9 cm³/mol. The van der Waals surface area contributed by atoms with Gasteiger partial charge in [-0.15, -0.1) is 11.8 Å². The van der Waals surface area contributed by atoms with Crippen LogP contribution in [-0.2, 0) is 4.79 Å². The number of benzene rings is 1. The molecule has 0 aliphatic carbocycles. The molecule has 4 nitrogen and oxygen atoms in total. The molecule has 98 valence electrons. The van der Waals surface area contributed by atoms with Crippen molar-refractivity contribution in [3.63, 3.8) is 0 Å². The van der Waals surface area contributed by atoms with E-state index >= 15 is 0 Å². The Morgan fingerprint density at radius 2 is 2.00 bits per heavy atom. The maximum atomic E-state index is 11.7. The van der Waals surface area contributed by atoms with Gasteiger partial charge in [0.1, 0.15) is 0 Å². The minimum atomic E-state index is -0.419. The molecule has 6 heteroatoms. The standard InChI is InChI=1S/C12H15ClN2O2S/c1-8(6-14)18-7-11(16)15-12(17)9-2-4-10(13)5-3-9/h2-5,8H,6-7,14H2,1H3,(H,15,16,17). The summed E-state index contributed by atoms with van der Waals surface area (Å²) >= 11 is 7.12. The Morgan fingerprint density at radius 1 is 1.39 bits per heavy atom. The van der Waals surface area contributed by atoms with E-state index in [0.29, 0.717) is 17.1 Å². The highest BCUT2D eigenvalue weighted by atomic mass is 35.5. The number of carbonyl (C=O) groups excluding carboxylic acids is 2. The molecule has 1 unspecified atom stereocenters. The number of nitrogens with one attached hydrogen (secondary N) is 1. The van der Waals surface area contributed by atoms with Gasteiger partial charge in [0.15, 0.2) is 0 Å². The molecule has 0 aliphatic rings. The maximum Gasteiger partial charge on any atom is 0.257 e. The first-order valence-electron chi connectivity index (χ1n) is 5.44. The van der Waals surface area contributed by atoms with Gasteiger partial charge in [0.2, 0.25) is 5.91 Å². The summed E-state index contributed by atoms with van der Waals surface area (Å²) in [6, 6.07) is 6.35. The SMILES string of the molecule is CC(CN)SCC(=O)NC(=O)c1ccc(Cl)cc1. The lowest BCUT2D eigenvalue weighted by molar-refractivity contribution is -0.117. The minimum Gasteiger partial charge on any atom is -0.329 e. The molecule has 0 saturated carbocycles. The molecule has 0 bridgehead atoms. The molecule has 1 atom stereocenters. The third-order valence-electron chi connectivity index (χ3n) is 2.19. The van der Waals surface area contributed by atoms with E-state index in [4.69, 9.17) is 17.3 Å². The van der Waals surface area contributed by atoms with Gasteiger partial charge in [-0.25, -0.2) is 0 Å². The van der Waals surface area contributed by atoms with Crippen LogP contribution in [0.1, 0.15) is 17.3 Å². The van der Waals surface area contributed by atoms with Gasteiger partial charge in [-0.1, -0.05) is 18.5 Å². The van der Waals surface area contributed by atoms with Crippen LogP contribution >= 0.6 is 23.4 Å². The molecule has 0 radical (unpaired) electrons. The summed E-state index contributed by atoms with van der Waals surface area (Å²) < 4.78 is 0. The number of halogens is 1. The largest absolute Gasteiger partial charge is 0.329 e. The molecular weight excluding hydrogens is 272 g/mol. The molecular formula is C12H15ClN2O2S. The van der Waals surface area contributed by atoms with Crippen molar-refractivity contribution in [3.8, 4) is 0 Å². The van der Waals surface area contributed by atoms with Crippen LogP contribution in [-0.4, -0.2) is 29.4 Å². The van der Waals surface area contributed by atoms with E-state index in [9.17, 15) is 9.59 Å². The van der Waals surface area contributed by atoms with Crippen LogP contribution in [0.25, 0.3) is 0 Å². The zero-order valence-corrected chi connectivity index (χ0v) is 11.6. The lowest BCUT2D eigenvalue weighted by Gasteiger charge is -2.08. The Morgan fingerprint density at radius 3 is 2.56 bits per heavy atom.